The Morgan fingerprint density at radius 3 is 1.23 bits per heavy atom. The Hall–Kier alpha value is -0.370. The molecule has 0 aromatic carbocycles. The first-order valence-electron chi connectivity index (χ1n) is 9.75. The number of rotatable bonds is 18. The van der Waals surface area contributed by atoms with Crippen molar-refractivity contribution in [3.63, 3.8) is 0 Å². The normalized spacial score (nSPS) is 11.0. The highest BCUT2D eigenvalue weighted by atomic mass is 16.5. The molecule has 22 heavy (non-hydrogen) atoms. The van der Waals surface area contributed by atoms with Crippen LogP contribution in [0.5, 0.6) is 0 Å². The lowest BCUT2D eigenvalue weighted by Crippen LogP contribution is -1.89. The van der Waals surface area contributed by atoms with E-state index in [0.29, 0.717) is 5.78 Å². The van der Waals surface area contributed by atoms with Gasteiger partial charge in [0.15, 0.2) is 0 Å². The van der Waals surface area contributed by atoms with E-state index in [1.54, 1.807) is 14.0 Å². The first-order valence-corrected chi connectivity index (χ1v) is 9.75. The van der Waals surface area contributed by atoms with E-state index < -0.39 is 0 Å². The second-order valence-corrected chi connectivity index (χ2v) is 6.75. The molecule has 0 heterocycles. The second kappa shape index (κ2) is 18.7. The molecule has 0 bridgehead atoms. The third kappa shape index (κ3) is 19.6. The molecule has 0 atom stereocenters. The van der Waals surface area contributed by atoms with Crippen LogP contribution >= 0.6 is 0 Å². The van der Waals surface area contributed by atoms with Gasteiger partial charge in [-0.3, -0.25) is 0 Å². The highest BCUT2D eigenvalue weighted by molar-refractivity contribution is 5.75. The summed E-state index contributed by atoms with van der Waals surface area (Å²) in [6, 6.07) is 0. The lowest BCUT2D eigenvalue weighted by molar-refractivity contribution is -0.117. The van der Waals surface area contributed by atoms with E-state index in [1.807, 2.05) is 0 Å². The van der Waals surface area contributed by atoms with Crippen molar-refractivity contribution in [1.82, 2.24) is 0 Å². The summed E-state index contributed by atoms with van der Waals surface area (Å²) in [5.74, 6) is 0.343. The van der Waals surface area contributed by atoms with Gasteiger partial charge in [0.25, 0.3) is 0 Å². The quantitative estimate of drug-likeness (QED) is 0.271. The Morgan fingerprint density at radius 2 is 0.909 bits per heavy atom. The van der Waals surface area contributed by atoms with Crippen LogP contribution < -0.4 is 0 Å². The number of carbonyl (C=O) groups excluding carboxylic acids is 1. The molecule has 0 aromatic rings. The van der Waals surface area contributed by atoms with Crippen LogP contribution in [0.2, 0.25) is 0 Å². The SMILES string of the molecule is COCCCCCCCCCCCCCCCCCC(C)=O. The summed E-state index contributed by atoms with van der Waals surface area (Å²) in [5.41, 5.74) is 0. The Labute approximate surface area is 139 Å². The van der Waals surface area contributed by atoms with Gasteiger partial charge in [-0.2, -0.15) is 0 Å². The Balaban J connectivity index is 2.95. The smallest absolute Gasteiger partial charge is 0.129 e. The number of hydrogen-bond donors (Lipinski definition) is 0. The van der Waals surface area contributed by atoms with Crippen molar-refractivity contribution < 1.29 is 9.53 Å². The molecule has 2 heteroatoms. The summed E-state index contributed by atoms with van der Waals surface area (Å²) in [4.78, 5) is 10.8. The minimum atomic E-state index is 0.343. The molecular weight excluding hydrogens is 272 g/mol. The Morgan fingerprint density at radius 1 is 0.591 bits per heavy atom. The van der Waals surface area contributed by atoms with Crippen LogP contribution in [-0.4, -0.2) is 19.5 Å². The van der Waals surface area contributed by atoms with Crippen LogP contribution in [0.25, 0.3) is 0 Å². The predicted octanol–water partition coefficient (Wildman–Crippen LogP) is 6.46. The van der Waals surface area contributed by atoms with E-state index in [2.05, 4.69) is 0 Å². The van der Waals surface area contributed by atoms with Crippen molar-refractivity contribution in [2.45, 2.75) is 110 Å². The maximum Gasteiger partial charge on any atom is 0.129 e. The standard InChI is InChI=1S/C20H40O2/c1-20(21)18-16-14-12-10-8-6-4-3-5-7-9-11-13-15-17-19-22-2/h3-19H2,1-2H3. The highest BCUT2D eigenvalue weighted by Gasteiger charge is 1.96. The number of carbonyl (C=O) groups is 1. The van der Waals surface area contributed by atoms with E-state index in [1.165, 1.54) is 89.9 Å². The maximum absolute atomic E-state index is 10.8. The highest BCUT2D eigenvalue weighted by Crippen LogP contribution is 2.13. The van der Waals surface area contributed by atoms with Gasteiger partial charge in [0.2, 0.25) is 0 Å². The summed E-state index contributed by atoms with van der Waals surface area (Å²) >= 11 is 0. The van der Waals surface area contributed by atoms with Crippen molar-refractivity contribution in [2.24, 2.45) is 0 Å². The minimum absolute atomic E-state index is 0.343. The third-order valence-corrected chi connectivity index (χ3v) is 4.38. The van der Waals surface area contributed by atoms with Crippen LogP contribution in [0.4, 0.5) is 0 Å². The van der Waals surface area contributed by atoms with Crippen LogP contribution in [0, 0.1) is 0 Å². The van der Waals surface area contributed by atoms with E-state index in [0.717, 1.165) is 19.4 Å². The van der Waals surface area contributed by atoms with Crippen molar-refractivity contribution in [2.75, 3.05) is 13.7 Å². The van der Waals surface area contributed by atoms with Crippen LogP contribution in [-0.2, 0) is 9.53 Å². The zero-order valence-electron chi connectivity index (χ0n) is 15.3. The fourth-order valence-corrected chi connectivity index (χ4v) is 2.92. The molecule has 2 nitrogen and oxygen atoms in total. The summed E-state index contributed by atoms with van der Waals surface area (Å²) in [7, 11) is 1.79. The zero-order chi connectivity index (χ0) is 16.3. The average Bonchev–Trinajstić information content (AvgIpc) is 2.50. The molecule has 0 saturated carbocycles. The van der Waals surface area contributed by atoms with Crippen LogP contribution in [0.15, 0.2) is 0 Å². The molecule has 0 aliphatic carbocycles. The molecule has 0 N–H and O–H groups in total. The Kier molecular flexibility index (Phi) is 18.4. The number of ketones is 1. The molecule has 0 unspecified atom stereocenters. The summed E-state index contributed by atoms with van der Waals surface area (Å²) in [5, 5.41) is 0. The maximum atomic E-state index is 10.8. The molecular formula is C20H40O2. The molecule has 0 aromatic heterocycles. The monoisotopic (exact) mass is 312 g/mol. The molecule has 0 saturated heterocycles. The lowest BCUT2D eigenvalue weighted by Gasteiger charge is -2.03. The van der Waals surface area contributed by atoms with Gasteiger partial charge in [0.05, 0.1) is 0 Å². The summed E-state index contributed by atoms with van der Waals surface area (Å²) < 4.78 is 5.06. The summed E-state index contributed by atoms with van der Waals surface area (Å²) in [6.45, 7) is 2.62. The van der Waals surface area contributed by atoms with Gasteiger partial charge >= 0.3 is 0 Å². The minimum Gasteiger partial charge on any atom is -0.385 e. The van der Waals surface area contributed by atoms with Crippen molar-refractivity contribution >= 4 is 5.78 Å². The third-order valence-electron chi connectivity index (χ3n) is 4.38. The van der Waals surface area contributed by atoms with E-state index in [4.69, 9.17) is 4.74 Å². The molecule has 0 radical (unpaired) electrons. The average molecular weight is 313 g/mol. The van der Waals surface area contributed by atoms with E-state index >= 15 is 0 Å². The molecule has 0 amide bonds. The molecule has 0 aliphatic heterocycles. The number of Topliss-reactive ketones (excluding diaryl/α,β-unsaturated/α-hetero) is 1. The van der Waals surface area contributed by atoms with Crippen LogP contribution in [0.1, 0.15) is 110 Å². The van der Waals surface area contributed by atoms with Crippen LogP contribution in [0.3, 0.4) is 0 Å². The first-order chi connectivity index (χ1) is 10.8. The van der Waals surface area contributed by atoms with Gasteiger partial charge in [-0.1, -0.05) is 83.5 Å². The van der Waals surface area contributed by atoms with Gasteiger partial charge < -0.3 is 9.53 Å². The second-order valence-electron chi connectivity index (χ2n) is 6.75. The number of hydrogen-bond acceptors (Lipinski definition) is 2. The van der Waals surface area contributed by atoms with E-state index in [-0.39, 0.29) is 0 Å². The molecule has 0 aliphatic rings. The number of methoxy groups -OCH3 is 1. The number of ether oxygens (including phenoxy) is 1. The van der Waals surface area contributed by atoms with E-state index in [9.17, 15) is 4.79 Å². The molecule has 0 fully saturated rings. The zero-order valence-corrected chi connectivity index (χ0v) is 15.3. The van der Waals surface area contributed by atoms with Gasteiger partial charge in [0.1, 0.15) is 5.78 Å². The molecule has 0 rings (SSSR count). The van der Waals surface area contributed by atoms with Gasteiger partial charge in [-0.25, -0.2) is 0 Å². The Bertz CT molecular complexity index is 226. The van der Waals surface area contributed by atoms with Crippen molar-refractivity contribution in [3.05, 3.63) is 0 Å². The van der Waals surface area contributed by atoms with Crippen molar-refractivity contribution in [1.29, 1.82) is 0 Å². The molecule has 132 valence electrons. The summed E-state index contributed by atoms with van der Waals surface area (Å²) in [6.07, 6.45) is 21.1. The number of unbranched alkanes of at least 4 members (excludes halogenated alkanes) is 14. The molecule has 0 spiro atoms. The first kappa shape index (κ1) is 21.6. The topological polar surface area (TPSA) is 26.3 Å². The predicted molar refractivity (Wildman–Crippen MR) is 96.4 cm³/mol. The largest absolute Gasteiger partial charge is 0.385 e. The van der Waals surface area contributed by atoms with Gasteiger partial charge in [-0.05, 0) is 19.8 Å². The van der Waals surface area contributed by atoms with Crippen molar-refractivity contribution in [3.8, 4) is 0 Å². The fourth-order valence-electron chi connectivity index (χ4n) is 2.92. The van der Waals surface area contributed by atoms with Gasteiger partial charge in [-0.15, -0.1) is 0 Å². The van der Waals surface area contributed by atoms with Gasteiger partial charge in [0, 0.05) is 20.1 Å². The lowest BCUT2D eigenvalue weighted by atomic mass is 10.0. The fraction of sp³-hybridized carbons (Fsp3) is 0.950.